The van der Waals surface area contributed by atoms with Crippen LogP contribution in [0.15, 0.2) is 23.6 Å². The van der Waals surface area contributed by atoms with Crippen molar-refractivity contribution < 1.29 is 9.90 Å². The van der Waals surface area contributed by atoms with Crippen LogP contribution in [-0.4, -0.2) is 11.1 Å². The van der Waals surface area contributed by atoms with E-state index in [0.717, 1.165) is 24.0 Å². The van der Waals surface area contributed by atoms with Gasteiger partial charge in [0.05, 0.1) is 5.69 Å². The van der Waals surface area contributed by atoms with E-state index in [2.05, 4.69) is 12.1 Å². The van der Waals surface area contributed by atoms with Crippen LogP contribution >= 0.6 is 11.3 Å². The van der Waals surface area contributed by atoms with Crippen molar-refractivity contribution in [3.63, 3.8) is 0 Å². The summed E-state index contributed by atoms with van der Waals surface area (Å²) in [4.78, 5) is 11.2. The molecule has 3 N–H and O–H groups in total. The van der Waals surface area contributed by atoms with Gasteiger partial charge >= 0.3 is 5.97 Å². The molecule has 0 spiro atoms. The maximum absolute atomic E-state index is 11.0. The third kappa shape index (κ3) is 1.69. The predicted molar refractivity (Wildman–Crippen MR) is 73.2 cm³/mol. The Morgan fingerprint density at radius 1 is 1.28 bits per heavy atom. The maximum atomic E-state index is 11.0. The molecule has 0 radical (unpaired) electrons. The summed E-state index contributed by atoms with van der Waals surface area (Å²) in [5.41, 5.74) is 10.9. The second-order valence-corrected chi connectivity index (χ2v) is 5.41. The second kappa shape index (κ2) is 4.14. The van der Waals surface area contributed by atoms with E-state index < -0.39 is 5.97 Å². The van der Waals surface area contributed by atoms with Crippen LogP contribution in [0.2, 0.25) is 0 Å². The molecule has 18 heavy (non-hydrogen) atoms. The van der Waals surface area contributed by atoms with Crippen LogP contribution in [0, 0.1) is 0 Å². The van der Waals surface area contributed by atoms with Crippen LogP contribution in [0.4, 0.5) is 5.69 Å². The highest BCUT2D eigenvalue weighted by Crippen LogP contribution is 2.36. The summed E-state index contributed by atoms with van der Waals surface area (Å²) in [6.07, 6.45) is 3.46. The lowest BCUT2D eigenvalue weighted by Gasteiger charge is -2.04. The van der Waals surface area contributed by atoms with E-state index in [1.54, 1.807) is 0 Å². The number of anilines is 1. The minimum atomic E-state index is -0.954. The molecule has 0 unspecified atom stereocenters. The summed E-state index contributed by atoms with van der Waals surface area (Å²) in [5, 5.41) is 10.8. The molecule has 0 aliphatic heterocycles. The molecule has 1 heterocycles. The van der Waals surface area contributed by atoms with Gasteiger partial charge in [-0.15, -0.1) is 11.3 Å². The van der Waals surface area contributed by atoms with E-state index >= 15 is 0 Å². The minimum absolute atomic E-state index is 0.227. The summed E-state index contributed by atoms with van der Waals surface area (Å²) in [6, 6.07) is 6.32. The summed E-state index contributed by atoms with van der Waals surface area (Å²) in [6.45, 7) is 0. The molecule has 0 fully saturated rings. The Balaban J connectivity index is 2.07. The lowest BCUT2D eigenvalue weighted by atomic mass is 10.0. The van der Waals surface area contributed by atoms with Gasteiger partial charge in [-0.2, -0.15) is 0 Å². The molecule has 3 rings (SSSR count). The highest BCUT2D eigenvalue weighted by Gasteiger charge is 2.17. The number of nitrogen functional groups attached to an aromatic ring is 1. The number of aromatic carboxylic acids is 1. The number of fused-ring (bicyclic) bond motifs is 1. The highest BCUT2D eigenvalue weighted by molar-refractivity contribution is 7.13. The van der Waals surface area contributed by atoms with E-state index in [4.69, 9.17) is 10.8 Å². The van der Waals surface area contributed by atoms with Crippen molar-refractivity contribution in [3.05, 3.63) is 39.6 Å². The minimum Gasteiger partial charge on any atom is -0.477 e. The van der Waals surface area contributed by atoms with Gasteiger partial charge in [-0.05, 0) is 36.0 Å². The maximum Gasteiger partial charge on any atom is 0.348 e. The van der Waals surface area contributed by atoms with Crippen molar-refractivity contribution >= 4 is 23.0 Å². The molecule has 1 aromatic heterocycles. The Labute approximate surface area is 109 Å². The molecular weight excluding hydrogens is 246 g/mol. The molecule has 3 nitrogen and oxygen atoms in total. The van der Waals surface area contributed by atoms with E-state index in [0.29, 0.717) is 5.69 Å². The third-order valence-corrected chi connectivity index (χ3v) is 4.42. The Morgan fingerprint density at radius 3 is 2.78 bits per heavy atom. The van der Waals surface area contributed by atoms with Crippen molar-refractivity contribution in [1.29, 1.82) is 0 Å². The van der Waals surface area contributed by atoms with Gasteiger partial charge in [0.15, 0.2) is 0 Å². The fourth-order valence-electron chi connectivity index (χ4n) is 2.50. The van der Waals surface area contributed by atoms with Crippen molar-refractivity contribution in [2.45, 2.75) is 19.3 Å². The molecule has 1 aliphatic rings. The molecule has 0 amide bonds. The average Bonchev–Trinajstić information content (AvgIpc) is 2.93. The van der Waals surface area contributed by atoms with E-state index in [1.165, 1.54) is 28.9 Å². The first-order valence-electron chi connectivity index (χ1n) is 5.89. The van der Waals surface area contributed by atoms with Crippen molar-refractivity contribution in [1.82, 2.24) is 0 Å². The normalized spacial score (nSPS) is 13.6. The smallest absolute Gasteiger partial charge is 0.348 e. The molecule has 4 heteroatoms. The lowest BCUT2D eigenvalue weighted by Crippen LogP contribution is -1.98. The molecule has 0 bridgehead atoms. The Morgan fingerprint density at radius 2 is 2.06 bits per heavy atom. The number of carboxylic acids is 1. The average molecular weight is 259 g/mol. The summed E-state index contributed by atoms with van der Waals surface area (Å²) in [7, 11) is 0. The van der Waals surface area contributed by atoms with E-state index in [9.17, 15) is 4.79 Å². The molecule has 1 aromatic carbocycles. The first-order valence-corrected chi connectivity index (χ1v) is 6.77. The molecular formula is C14H13NO2S. The number of nitrogens with two attached hydrogens (primary N) is 1. The van der Waals surface area contributed by atoms with Gasteiger partial charge in [-0.25, -0.2) is 4.79 Å². The first kappa shape index (κ1) is 11.3. The zero-order valence-electron chi connectivity index (χ0n) is 9.77. The van der Waals surface area contributed by atoms with Crippen LogP contribution in [-0.2, 0) is 12.8 Å². The van der Waals surface area contributed by atoms with Crippen molar-refractivity contribution in [3.8, 4) is 11.1 Å². The zero-order valence-corrected chi connectivity index (χ0v) is 10.6. The summed E-state index contributed by atoms with van der Waals surface area (Å²) < 4.78 is 0. The van der Waals surface area contributed by atoms with Gasteiger partial charge in [0.25, 0.3) is 0 Å². The summed E-state index contributed by atoms with van der Waals surface area (Å²) >= 11 is 1.19. The zero-order chi connectivity index (χ0) is 12.7. The molecule has 0 atom stereocenters. The number of hydrogen-bond acceptors (Lipinski definition) is 3. The van der Waals surface area contributed by atoms with Crippen LogP contribution in [0.25, 0.3) is 11.1 Å². The van der Waals surface area contributed by atoms with Crippen LogP contribution in [0.1, 0.15) is 27.2 Å². The molecule has 0 saturated heterocycles. The fourth-order valence-corrected chi connectivity index (χ4v) is 3.33. The van der Waals surface area contributed by atoms with Gasteiger partial charge in [-0.3, -0.25) is 0 Å². The van der Waals surface area contributed by atoms with Crippen molar-refractivity contribution in [2.75, 3.05) is 5.73 Å². The van der Waals surface area contributed by atoms with Crippen molar-refractivity contribution in [2.24, 2.45) is 0 Å². The largest absolute Gasteiger partial charge is 0.477 e. The van der Waals surface area contributed by atoms with Gasteiger partial charge < -0.3 is 10.8 Å². The number of carbonyl (C=O) groups is 1. The Kier molecular flexibility index (Phi) is 2.59. The van der Waals surface area contributed by atoms with Crippen LogP contribution < -0.4 is 5.73 Å². The number of rotatable bonds is 2. The monoisotopic (exact) mass is 259 g/mol. The van der Waals surface area contributed by atoms with Gasteiger partial charge in [0, 0.05) is 10.9 Å². The lowest BCUT2D eigenvalue weighted by molar-refractivity contribution is 0.0703. The third-order valence-electron chi connectivity index (χ3n) is 3.43. The molecule has 92 valence electrons. The SMILES string of the molecule is Nc1c(-c2ccc3c(c2)CCC3)csc1C(=O)O. The Bertz CT molecular complexity index is 631. The van der Waals surface area contributed by atoms with Crippen LogP contribution in [0.3, 0.4) is 0 Å². The van der Waals surface area contributed by atoms with E-state index in [-0.39, 0.29) is 4.88 Å². The second-order valence-electron chi connectivity index (χ2n) is 4.53. The summed E-state index contributed by atoms with van der Waals surface area (Å²) in [5.74, 6) is -0.954. The van der Waals surface area contributed by atoms with Crippen LogP contribution in [0.5, 0.6) is 0 Å². The number of benzene rings is 1. The fraction of sp³-hybridized carbons (Fsp3) is 0.214. The van der Waals surface area contributed by atoms with E-state index in [1.807, 2.05) is 11.4 Å². The highest BCUT2D eigenvalue weighted by atomic mass is 32.1. The predicted octanol–water partition coefficient (Wildman–Crippen LogP) is 3.18. The number of thiophene rings is 1. The molecule has 2 aromatic rings. The van der Waals surface area contributed by atoms with Gasteiger partial charge in [0.1, 0.15) is 4.88 Å². The number of carboxylic acid groups (broad SMARTS) is 1. The standard InChI is InChI=1S/C14H13NO2S/c15-12-11(7-18-13(12)14(16)17)10-5-4-8-2-1-3-9(8)6-10/h4-7H,1-3,15H2,(H,16,17). The number of aryl methyl sites for hydroxylation is 2. The molecule has 0 saturated carbocycles. The topological polar surface area (TPSA) is 63.3 Å². The van der Waals surface area contributed by atoms with Gasteiger partial charge in [-0.1, -0.05) is 18.2 Å². The Hall–Kier alpha value is -1.81. The number of hydrogen-bond donors (Lipinski definition) is 2. The first-order chi connectivity index (χ1) is 8.66. The van der Waals surface area contributed by atoms with Gasteiger partial charge in [0.2, 0.25) is 0 Å². The quantitative estimate of drug-likeness (QED) is 0.870. The molecule has 1 aliphatic carbocycles.